The summed E-state index contributed by atoms with van der Waals surface area (Å²) in [6.07, 6.45) is 7.85. The minimum Gasteiger partial charge on any atom is -0.103 e. The third-order valence-corrected chi connectivity index (χ3v) is 3.99. The van der Waals surface area contributed by atoms with Gasteiger partial charge < -0.3 is 0 Å². The lowest BCUT2D eigenvalue weighted by molar-refractivity contribution is 0.505. The van der Waals surface area contributed by atoms with Crippen LogP contribution in [0.25, 0.3) is 0 Å². The van der Waals surface area contributed by atoms with Crippen LogP contribution >= 0.6 is 0 Å². The summed E-state index contributed by atoms with van der Waals surface area (Å²) >= 11 is 0. The Balaban J connectivity index is -0.000000231. The van der Waals surface area contributed by atoms with Gasteiger partial charge in [0.15, 0.2) is 0 Å². The normalized spacial score (nSPS) is 13.3. The second-order valence-corrected chi connectivity index (χ2v) is 6.31. The molecular weight excluding hydrogens is 252 g/mol. The maximum atomic E-state index is 3.83. The quantitative estimate of drug-likeness (QED) is 0.438. The summed E-state index contributed by atoms with van der Waals surface area (Å²) in [4.78, 5) is 0. The van der Waals surface area contributed by atoms with Crippen molar-refractivity contribution in [3.05, 3.63) is 36.5 Å². The second kappa shape index (κ2) is 17.3. The Morgan fingerprint density at radius 1 is 1.00 bits per heavy atom. The van der Waals surface area contributed by atoms with Gasteiger partial charge in [0.25, 0.3) is 0 Å². The molecular formula is C21H42. The van der Waals surface area contributed by atoms with Crippen LogP contribution in [0, 0.1) is 17.8 Å². The van der Waals surface area contributed by atoms with Crippen LogP contribution in [-0.2, 0) is 0 Å². The Morgan fingerprint density at radius 2 is 1.48 bits per heavy atom. The molecule has 0 N–H and O–H groups in total. The highest BCUT2D eigenvalue weighted by Gasteiger charge is 1.98. The van der Waals surface area contributed by atoms with Crippen molar-refractivity contribution in [2.24, 2.45) is 17.8 Å². The fourth-order valence-electron chi connectivity index (χ4n) is 1.11. The topological polar surface area (TPSA) is 0 Å². The SMILES string of the molecule is C=C(C)C(C)CC.C=CC(C)C(C)C.CCC=C(C)CC. The molecule has 0 nitrogen and oxygen atoms in total. The third kappa shape index (κ3) is 21.7. The van der Waals surface area contributed by atoms with Crippen LogP contribution < -0.4 is 0 Å². The van der Waals surface area contributed by atoms with Crippen molar-refractivity contribution in [2.75, 3.05) is 0 Å². The van der Waals surface area contributed by atoms with E-state index in [0.29, 0.717) is 11.8 Å². The molecule has 0 aliphatic heterocycles. The molecule has 2 unspecified atom stereocenters. The average molecular weight is 295 g/mol. The van der Waals surface area contributed by atoms with Gasteiger partial charge in [0.05, 0.1) is 0 Å². The van der Waals surface area contributed by atoms with Gasteiger partial charge >= 0.3 is 0 Å². The molecule has 0 aliphatic carbocycles. The van der Waals surface area contributed by atoms with Gasteiger partial charge in [0.1, 0.15) is 0 Å². The fourth-order valence-corrected chi connectivity index (χ4v) is 1.11. The zero-order chi connectivity index (χ0) is 17.4. The summed E-state index contributed by atoms with van der Waals surface area (Å²) in [5, 5.41) is 0. The average Bonchev–Trinajstić information content (AvgIpc) is 2.46. The Bertz CT molecular complexity index is 268. The van der Waals surface area contributed by atoms with Crippen molar-refractivity contribution in [1.82, 2.24) is 0 Å². The summed E-state index contributed by atoms with van der Waals surface area (Å²) < 4.78 is 0. The molecule has 21 heavy (non-hydrogen) atoms. The Labute approximate surface area is 136 Å². The monoisotopic (exact) mass is 294 g/mol. The molecule has 0 bridgehead atoms. The van der Waals surface area contributed by atoms with E-state index in [1.165, 1.54) is 30.4 Å². The fraction of sp³-hybridized carbons (Fsp3) is 0.714. The van der Waals surface area contributed by atoms with E-state index in [2.05, 4.69) is 81.5 Å². The van der Waals surface area contributed by atoms with Crippen LogP contribution in [0.15, 0.2) is 36.5 Å². The van der Waals surface area contributed by atoms with Gasteiger partial charge in [-0.05, 0) is 50.9 Å². The number of rotatable bonds is 6. The first-order chi connectivity index (χ1) is 9.67. The van der Waals surface area contributed by atoms with Gasteiger partial charge in [-0.25, -0.2) is 0 Å². The first-order valence-corrected chi connectivity index (χ1v) is 8.61. The summed E-state index contributed by atoms with van der Waals surface area (Å²) in [6.45, 7) is 27.1. The zero-order valence-electron chi connectivity index (χ0n) is 16.4. The molecule has 0 aromatic carbocycles. The van der Waals surface area contributed by atoms with Crippen molar-refractivity contribution in [3.63, 3.8) is 0 Å². The molecule has 0 aromatic rings. The lowest BCUT2D eigenvalue weighted by atomic mass is 9.99. The van der Waals surface area contributed by atoms with Gasteiger partial charge in [-0.2, -0.15) is 0 Å². The standard InChI is InChI=1S/3C7H14/c2*1-5-7(4)6(2)3;1-4-6-7(3)5-2/h7H,2,5H2,1,3-4H3;5-7H,1H2,2-4H3;6H,4-5H2,1-3H3. The van der Waals surface area contributed by atoms with Crippen molar-refractivity contribution in [2.45, 2.75) is 81.6 Å². The zero-order valence-corrected chi connectivity index (χ0v) is 16.4. The minimum absolute atomic E-state index is 0.667. The molecule has 0 rings (SSSR count). The van der Waals surface area contributed by atoms with Gasteiger partial charge in [-0.15, -0.1) is 6.58 Å². The van der Waals surface area contributed by atoms with Gasteiger partial charge in [0.2, 0.25) is 0 Å². The summed E-state index contributed by atoms with van der Waals surface area (Å²) in [5.41, 5.74) is 2.80. The van der Waals surface area contributed by atoms with Crippen LogP contribution in [0.5, 0.6) is 0 Å². The number of hydrogen-bond acceptors (Lipinski definition) is 0. The van der Waals surface area contributed by atoms with Crippen molar-refractivity contribution in [3.8, 4) is 0 Å². The highest BCUT2D eigenvalue weighted by atomic mass is 14.0. The van der Waals surface area contributed by atoms with E-state index in [1.54, 1.807) is 0 Å². The smallest absolute Gasteiger partial charge is 0.0240 e. The van der Waals surface area contributed by atoms with E-state index >= 15 is 0 Å². The molecule has 0 amide bonds. The first kappa shape index (κ1) is 25.2. The Morgan fingerprint density at radius 3 is 1.52 bits per heavy atom. The lowest BCUT2D eigenvalue weighted by Crippen LogP contribution is -1.97. The van der Waals surface area contributed by atoms with Crippen molar-refractivity contribution >= 4 is 0 Å². The summed E-state index contributed by atoms with van der Waals surface area (Å²) in [7, 11) is 0. The third-order valence-electron chi connectivity index (χ3n) is 3.99. The first-order valence-electron chi connectivity index (χ1n) is 8.61. The number of allylic oxidation sites excluding steroid dienone is 4. The van der Waals surface area contributed by atoms with Crippen LogP contribution in [-0.4, -0.2) is 0 Å². The van der Waals surface area contributed by atoms with Crippen LogP contribution in [0.1, 0.15) is 81.6 Å². The molecule has 0 aliphatic rings. The second-order valence-electron chi connectivity index (χ2n) is 6.31. The van der Waals surface area contributed by atoms with E-state index in [-0.39, 0.29) is 0 Å². The van der Waals surface area contributed by atoms with Gasteiger partial charge in [-0.3, -0.25) is 0 Å². The van der Waals surface area contributed by atoms with Crippen molar-refractivity contribution in [1.29, 1.82) is 0 Å². The van der Waals surface area contributed by atoms with Crippen LogP contribution in [0.4, 0.5) is 0 Å². The molecule has 0 heterocycles. The molecule has 0 saturated carbocycles. The van der Waals surface area contributed by atoms with Gasteiger partial charge in [0, 0.05) is 0 Å². The summed E-state index contributed by atoms with van der Waals surface area (Å²) in [5.74, 6) is 2.12. The number of hydrogen-bond donors (Lipinski definition) is 0. The van der Waals surface area contributed by atoms with E-state index in [1.807, 2.05) is 6.08 Å². The molecule has 126 valence electrons. The van der Waals surface area contributed by atoms with E-state index in [9.17, 15) is 0 Å². The van der Waals surface area contributed by atoms with E-state index in [0.717, 1.165) is 5.92 Å². The van der Waals surface area contributed by atoms with Gasteiger partial charge in [-0.1, -0.05) is 78.3 Å². The van der Waals surface area contributed by atoms with Crippen LogP contribution in [0.3, 0.4) is 0 Å². The maximum absolute atomic E-state index is 3.83. The van der Waals surface area contributed by atoms with E-state index < -0.39 is 0 Å². The highest BCUT2D eigenvalue weighted by molar-refractivity contribution is 4.95. The Hall–Kier alpha value is -0.780. The predicted molar refractivity (Wildman–Crippen MR) is 103 cm³/mol. The molecule has 0 saturated heterocycles. The highest BCUT2D eigenvalue weighted by Crippen LogP contribution is 2.09. The van der Waals surface area contributed by atoms with Crippen molar-refractivity contribution < 1.29 is 0 Å². The molecule has 0 heteroatoms. The maximum Gasteiger partial charge on any atom is -0.0240 e. The largest absolute Gasteiger partial charge is 0.103 e. The summed E-state index contributed by atoms with van der Waals surface area (Å²) in [6, 6.07) is 0. The molecule has 0 fully saturated rings. The lowest BCUT2D eigenvalue weighted by Gasteiger charge is -2.07. The predicted octanol–water partition coefficient (Wildman–Crippen LogP) is 7.83. The molecule has 2 atom stereocenters. The van der Waals surface area contributed by atoms with Crippen LogP contribution in [0.2, 0.25) is 0 Å². The molecule has 0 aromatic heterocycles. The molecule has 0 spiro atoms. The Kier molecular flexibility index (Phi) is 20.7. The van der Waals surface area contributed by atoms with E-state index in [4.69, 9.17) is 0 Å². The minimum atomic E-state index is 0.667. The molecule has 0 radical (unpaired) electrons.